The van der Waals surface area contributed by atoms with Crippen LogP contribution in [0.25, 0.3) is 0 Å². The SMILES string of the molecule is O=C1NC(=O)C(N2CCc3c(ncnc3Oc3ccc(F)cc3Cl)C2)=C1Cl. The number of imide groups is 1. The predicted octanol–water partition coefficient (Wildman–Crippen LogP) is 2.53. The number of rotatable bonds is 3. The molecule has 138 valence electrons. The van der Waals surface area contributed by atoms with Gasteiger partial charge in [0.15, 0.2) is 0 Å². The third-order valence-electron chi connectivity index (χ3n) is 4.23. The van der Waals surface area contributed by atoms with Crippen molar-refractivity contribution in [3.05, 3.63) is 57.4 Å². The van der Waals surface area contributed by atoms with Crippen LogP contribution in [0.1, 0.15) is 11.3 Å². The number of carbonyl (C=O) groups excluding carboxylic acids is 2. The predicted molar refractivity (Wildman–Crippen MR) is 93.7 cm³/mol. The van der Waals surface area contributed by atoms with Crippen molar-refractivity contribution in [1.29, 1.82) is 0 Å². The molecule has 4 rings (SSSR count). The minimum absolute atomic E-state index is 0.123. The number of fused-ring (bicyclic) bond motifs is 1. The van der Waals surface area contributed by atoms with E-state index in [1.54, 1.807) is 4.90 Å². The molecule has 10 heteroatoms. The molecule has 1 aromatic heterocycles. The first kappa shape index (κ1) is 17.7. The third kappa shape index (κ3) is 3.22. The Bertz CT molecular complexity index is 1010. The molecular formula is C17H11Cl2FN4O3. The average Bonchev–Trinajstić information content (AvgIpc) is 2.89. The molecule has 0 bridgehead atoms. The van der Waals surface area contributed by atoms with Gasteiger partial charge in [0, 0.05) is 12.1 Å². The lowest BCUT2D eigenvalue weighted by Crippen LogP contribution is -2.35. The molecule has 7 nitrogen and oxygen atoms in total. The second-order valence-electron chi connectivity index (χ2n) is 5.90. The zero-order valence-electron chi connectivity index (χ0n) is 13.6. The van der Waals surface area contributed by atoms with Gasteiger partial charge in [0.1, 0.15) is 28.6 Å². The van der Waals surface area contributed by atoms with Crippen molar-refractivity contribution in [3.63, 3.8) is 0 Å². The molecule has 1 aromatic carbocycles. The second kappa shape index (κ2) is 6.79. The summed E-state index contributed by atoms with van der Waals surface area (Å²) in [6.07, 6.45) is 1.78. The molecule has 2 aromatic rings. The number of benzene rings is 1. The van der Waals surface area contributed by atoms with Crippen molar-refractivity contribution in [2.45, 2.75) is 13.0 Å². The van der Waals surface area contributed by atoms with E-state index in [0.717, 1.165) is 11.6 Å². The fraction of sp³-hybridized carbons (Fsp3) is 0.176. The standard InChI is InChI=1S/C17H11Cl2FN4O3/c18-10-5-8(20)1-2-12(10)27-17-9-3-4-24(6-11(9)21-7-22-17)14-13(19)15(25)23-16(14)26/h1-2,5,7H,3-4,6H2,(H,23,25,26). The van der Waals surface area contributed by atoms with Crippen LogP contribution in [0.4, 0.5) is 4.39 Å². The van der Waals surface area contributed by atoms with Crippen LogP contribution >= 0.6 is 23.2 Å². The van der Waals surface area contributed by atoms with Gasteiger partial charge in [-0.3, -0.25) is 14.9 Å². The highest BCUT2D eigenvalue weighted by molar-refractivity contribution is 6.47. The van der Waals surface area contributed by atoms with E-state index >= 15 is 0 Å². The topological polar surface area (TPSA) is 84.4 Å². The second-order valence-corrected chi connectivity index (χ2v) is 6.68. The first-order valence-electron chi connectivity index (χ1n) is 7.90. The van der Waals surface area contributed by atoms with Gasteiger partial charge < -0.3 is 9.64 Å². The van der Waals surface area contributed by atoms with Gasteiger partial charge in [-0.1, -0.05) is 23.2 Å². The van der Waals surface area contributed by atoms with Gasteiger partial charge in [-0.15, -0.1) is 0 Å². The fourth-order valence-corrected chi connectivity index (χ4v) is 3.43. The number of aromatic nitrogens is 2. The molecule has 0 atom stereocenters. The lowest BCUT2D eigenvalue weighted by Gasteiger charge is -2.30. The van der Waals surface area contributed by atoms with Crippen LogP contribution in [-0.2, 0) is 22.6 Å². The zero-order valence-corrected chi connectivity index (χ0v) is 15.1. The summed E-state index contributed by atoms with van der Waals surface area (Å²) in [5.74, 6) is -1.03. The molecule has 2 amide bonds. The van der Waals surface area contributed by atoms with Crippen molar-refractivity contribution >= 4 is 35.0 Å². The van der Waals surface area contributed by atoms with Gasteiger partial charge in [0.2, 0.25) is 5.88 Å². The minimum atomic E-state index is -0.611. The van der Waals surface area contributed by atoms with Crippen LogP contribution in [0.2, 0.25) is 5.02 Å². The molecule has 0 aliphatic carbocycles. The molecule has 0 radical (unpaired) electrons. The van der Waals surface area contributed by atoms with Crippen molar-refractivity contribution < 1.29 is 18.7 Å². The maximum absolute atomic E-state index is 13.2. The van der Waals surface area contributed by atoms with E-state index in [1.807, 2.05) is 0 Å². The Labute approximate surface area is 162 Å². The summed E-state index contributed by atoms with van der Waals surface area (Å²) in [6.45, 7) is 0.678. The number of hydrogen-bond donors (Lipinski definition) is 1. The van der Waals surface area contributed by atoms with Crippen LogP contribution in [0, 0.1) is 5.82 Å². The van der Waals surface area contributed by atoms with Gasteiger partial charge in [-0.2, -0.15) is 0 Å². The van der Waals surface area contributed by atoms with E-state index in [0.29, 0.717) is 24.5 Å². The number of nitrogens with zero attached hydrogens (tertiary/aromatic N) is 3. The third-order valence-corrected chi connectivity index (χ3v) is 4.88. The molecule has 27 heavy (non-hydrogen) atoms. The smallest absolute Gasteiger partial charge is 0.276 e. The van der Waals surface area contributed by atoms with Gasteiger partial charge in [0.25, 0.3) is 11.8 Å². The monoisotopic (exact) mass is 408 g/mol. The lowest BCUT2D eigenvalue weighted by atomic mass is 10.1. The Balaban J connectivity index is 1.62. The molecule has 0 unspecified atom stereocenters. The summed E-state index contributed by atoms with van der Waals surface area (Å²) < 4.78 is 18.9. The molecule has 3 heterocycles. The largest absolute Gasteiger partial charge is 0.437 e. The quantitative estimate of drug-likeness (QED) is 0.785. The Hall–Kier alpha value is -2.71. The maximum atomic E-state index is 13.2. The number of ether oxygens (including phenoxy) is 1. The van der Waals surface area contributed by atoms with Crippen molar-refractivity contribution in [2.75, 3.05) is 6.54 Å². The van der Waals surface area contributed by atoms with E-state index in [2.05, 4.69) is 15.3 Å². The first-order valence-corrected chi connectivity index (χ1v) is 8.65. The van der Waals surface area contributed by atoms with Crippen LogP contribution < -0.4 is 10.1 Å². The number of halogens is 3. The summed E-state index contributed by atoms with van der Waals surface area (Å²) in [6, 6.07) is 3.80. The Morgan fingerprint density at radius 2 is 2.00 bits per heavy atom. The molecular weight excluding hydrogens is 398 g/mol. The normalized spacial score (nSPS) is 16.5. The summed E-state index contributed by atoms with van der Waals surface area (Å²) in [5.41, 5.74) is 1.51. The molecule has 1 N–H and O–H groups in total. The molecule has 2 aliphatic heterocycles. The van der Waals surface area contributed by atoms with E-state index < -0.39 is 17.6 Å². The number of hydrogen-bond acceptors (Lipinski definition) is 6. The lowest BCUT2D eigenvalue weighted by molar-refractivity contribution is -0.124. The van der Waals surface area contributed by atoms with Gasteiger partial charge in [-0.25, -0.2) is 14.4 Å². The van der Waals surface area contributed by atoms with Gasteiger partial charge in [0.05, 0.1) is 17.3 Å². The molecule has 0 saturated heterocycles. The van der Waals surface area contributed by atoms with E-state index in [9.17, 15) is 14.0 Å². The van der Waals surface area contributed by atoms with Crippen LogP contribution in [0.3, 0.4) is 0 Å². The number of nitrogens with one attached hydrogen (secondary N) is 1. The Morgan fingerprint density at radius 1 is 1.19 bits per heavy atom. The van der Waals surface area contributed by atoms with E-state index in [4.69, 9.17) is 27.9 Å². The highest BCUT2D eigenvalue weighted by atomic mass is 35.5. The van der Waals surface area contributed by atoms with E-state index in [1.165, 1.54) is 18.5 Å². The van der Waals surface area contributed by atoms with Crippen LogP contribution in [0.5, 0.6) is 11.6 Å². The summed E-state index contributed by atoms with van der Waals surface area (Å²) >= 11 is 12.0. The molecule has 2 aliphatic rings. The maximum Gasteiger partial charge on any atom is 0.276 e. The molecule has 0 spiro atoms. The first-order chi connectivity index (χ1) is 12.9. The highest BCUT2D eigenvalue weighted by Crippen LogP contribution is 2.34. The Kier molecular flexibility index (Phi) is 4.45. The summed E-state index contributed by atoms with van der Waals surface area (Å²) in [7, 11) is 0. The minimum Gasteiger partial charge on any atom is -0.437 e. The van der Waals surface area contributed by atoms with Crippen LogP contribution in [-0.4, -0.2) is 33.2 Å². The number of carbonyl (C=O) groups is 2. The number of amides is 2. The van der Waals surface area contributed by atoms with Gasteiger partial charge in [-0.05, 0) is 24.6 Å². The highest BCUT2D eigenvalue weighted by Gasteiger charge is 2.35. The molecule has 0 saturated carbocycles. The average molecular weight is 409 g/mol. The van der Waals surface area contributed by atoms with Crippen molar-refractivity contribution in [3.8, 4) is 11.6 Å². The Morgan fingerprint density at radius 3 is 2.70 bits per heavy atom. The van der Waals surface area contributed by atoms with Crippen LogP contribution in [0.15, 0.2) is 35.3 Å². The fourth-order valence-electron chi connectivity index (χ4n) is 2.97. The van der Waals surface area contributed by atoms with Gasteiger partial charge >= 0.3 is 0 Å². The zero-order chi connectivity index (χ0) is 19.1. The summed E-state index contributed by atoms with van der Waals surface area (Å²) in [4.78, 5) is 33.6. The van der Waals surface area contributed by atoms with Crippen molar-refractivity contribution in [2.24, 2.45) is 0 Å². The summed E-state index contributed by atoms with van der Waals surface area (Å²) in [5, 5.41) is 2.16. The van der Waals surface area contributed by atoms with Crippen molar-refractivity contribution in [1.82, 2.24) is 20.2 Å². The van der Waals surface area contributed by atoms with E-state index in [-0.39, 0.29) is 28.0 Å². The molecule has 0 fully saturated rings.